The van der Waals surface area contributed by atoms with Crippen molar-refractivity contribution in [3.05, 3.63) is 48.2 Å². The molecular weight excluding hydrogens is 210 g/mol. The van der Waals surface area contributed by atoms with E-state index < -0.39 is 11.8 Å². The summed E-state index contributed by atoms with van der Waals surface area (Å²) in [6.45, 7) is 0. The minimum Gasteiger partial charge on any atom is -0.464 e. The summed E-state index contributed by atoms with van der Waals surface area (Å²) in [5.41, 5.74) is 1.55. The SMILES string of the molecule is FC1(F)CC1c1cccc(-c2ccco2)c1. The quantitative estimate of drug-likeness (QED) is 0.743. The molecule has 16 heavy (non-hydrogen) atoms. The number of rotatable bonds is 2. The van der Waals surface area contributed by atoms with Gasteiger partial charge in [0.15, 0.2) is 0 Å². The Balaban J connectivity index is 1.95. The predicted octanol–water partition coefficient (Wildman–Crippen LogP) is 4.07. The Hall–Kier alpha value is -1.64. The molecule has 2 aromatic rings. The fraction of sp³-hybridized carbons (Fsp3) is 0.231. The first-order valence-corrected chi connectivity index (χ1v) is 5.18. The van der Waals surface area contributed by atoms with Crippen LogP contribution in [0.15, 0.2) is 47.1 Å². The molecule has 1 fully saturated rings. The Labute approximate surface area is 91.7 Å². The van der Waals surface area contributed by atoms with Gasteiger partial charge >= 0.3 is 0 Å². The summed E-state index contributed by atoms with van der Waals surface area (Å²) in [5.74, 6) is -2.41. The van der Waals surface area contributed by atoms with Gasteiger partial charge in [0.25, 0.3) is 5.92 Å². The van der Waals surface area contributed by atoms with Crippen LogP contribution in [0.25, 0.3) is 11.3 Å². The normalized spacial score (nSPS) is 22.0. The van der Waals surface area contributed by atoms with Gasteiger partial charge in [-0.25, -0.2) is 8.78 Å². The van der Waals surface area contributed by atoms with Crippen molar-refractivity contribution in [1.82, 2.24) is 0 Å². The molecular formula is C13H10F2O. The van der Waals surface area contributed by atoms with Crippen LogP contribution in [0.3, 0.4) is 0 Å². The predicted molar refractivity (Wildman–Crippen MR) is 56.4 cm³/mol. The maximum atomic E-state index is 12.9. The molecule has 3 heteroatoms. The Kier molecular flexibility index (Phi) is 1.90. The van der Waals surface area contributed by atoms with Gasteiger partial charge in [0, 0.05) is 12.0 Å². The largest absolute Gasteiger partial charge is 0.464 e. The molecule has 1 aromatic heterocycles. The first-order valence-electron chi connectivity index (χ1n) is 5.18. The summed E-state index contributed by atoms with van der Waals surface area (Å²) in [6, 6.07) is 10.8. The molecule has 1 aliphatic rings. The van der Waals surface area contributed by atoms with Gasteiger partial charge in [-0.2, -0.15) is 0 Å². The molecule has 1 atom stereocenters. The lowest BCUT2D eigenvalue weighted by molar-refractivity contribution is 0.112. The van der Waals surface area contributed by atoms with E-state index in [9.17, 15) is 8.78 Å². The van der Waals surface area contributed by atoms with E-state index in [1.54, 1.807) is 30.5 Å². The third-order valence-electron chi connectivity index (χ3n) is 2.92. The van der Waals surface area contributed by atoms with Gasteiger partial charge in [0.1, 0.15) is 5.76 Å². The van der Waals surface area contributed by atoms with Crippen LogP contribution in [-0.2, 0) is 0 Å². The van der Waals surface area contributed by atoms with Crippen LogP contribution in [0.4, 0.5) is 8.78 Å². The van der Waals surface area contributed by atoms with Crippen LogP contribution in [-0.4, -0.2) is 5.92 Å². The average molecular weight is 220 g/mol. The van der Waals surface area contributed by atoms with E-state index in [2.05, 4.69) is 0 Å². The number of halogens is 2. The van der Waals surface area contributed by atoms with Crippen molar-refractivity contribution in [2.45, 2.75) is 18.3 Å². The second kappa shape index (κ2) is 3.17. The fourth-order valence-electron chi connectivity index (χ4n) is 1.93. The zero-order valence-electron chi connectivity index (χ0n) is 8.49. The minimum atomic E-state index is -2.51. The smallest absolute Gasteiger partial charge is 0.255 e. The molecule has 1 aliphatic carbocycles. The molecule has 1 unspecified atom stereocenters. The first-order chi connectivity index (χ1) is 7.67. The third kappa shape index (κ3) is 1.52. The fourth-order valence-corrected chi connectivity index (χ4v) is 1.93. The molecule has 1 aromatic carbocycles. The summed E-state index contributed by atoms with van der Waals surface area (Å²) in [7, 11) is 0. The van der Waals surface area contributed by atoms with E-state index in [4.69, 9.17) is 4.42 Å². The van der Waals surface area contributed by atoms with E-state index >= 15 is 0 Å². The Bertz CT molecular complexity index is 502. The molecule has 0 amide bonds. The maximum Gasteiger partial charge on any atom is 0.255 e. The lowest BCUT2D eigenvalue weighted by atomic mass is 10.1. The van der Waals surface area contributed by atoms with Crippen LogP contribution in [0.5, 0.6) is 0 Å². The van der Waals surface area contributed by atoms with Crippen LogP contribution >= 0.6 is 0 Å². The lowest BCUT2D eigenvalue weighted by Gasteiger charge is -2.02. The molecule has 1 nitrogen and oxygen atoms in total. The molecule has 3 rings (SSSR count). The van der Waals surface area contributed by atoms with E-state index in [-0.39, 0.29) is 6.42 Å². The average Bonchev–Trinajstić information content (AvgIpc) is 2.71. The summed E-state index contributed by atoms with van der Waals surface area (Å²) in [6.07, 6.45) is 1.54. The highest BCUT2D eigenvalue weighted by Gasteiger charge is 2.57. The van der Waals surface area contributed by atoms with Gasteiger partial charge in [-0.05, 0) is 23.8 Å². The van der Waals surface area contributed by atoms with Crippen molar-refractivity contribution in [3.63, 3.8) is 0 Å². The van der Waals surface area contributed by atoms with Gasteiger partial charge < -0.3 is 4.42 Å². The van der Waals surface area contributed by atoms with Gasteiger partial charge in [0.05, 0.1) is 12.2 Å². The minimum absolute atomic E-state index is 0.0331. The van der Waals surface area contributed by atoms with Crippen molar-refractivity contribution in [3.8, 4) is 11.3 Å². The van der Waals surface area contributed by atoms with Crippen LogP contribution in [0.2, 0.25) is 0 Å². The standard InChI is InChI=1S/C13H10F2O/c14-13(15)8-11(13)9-3-1-4-10(7-9)12-5-2-6-16-12/h1-7,11H,8H2. The van der Waals surface area contributed by atoms with Gasteiger partial charge in [-0.3, -0.25) is 0 Å². The summed E-state index contributed by atoms with van der Waals surface area (Å²) >= 11 is 0. The highest BCUT2D eigenvalue weighted by atomic mass is 19.3. The molecule has 0 saturated heterocycles. The molecule has 0 spiro atoms. The molecule has 1 saturated carbocycles. The lowest BCUT2D eigenvalue weighted by Crippen LogP contribution is -1.92. The zero-order chi connectivity index (χ0) is 11.2. The van der Waals surface area contributed by atoms with Crippen molar-refractivity contribution in [2.24, 2.45) is 0 Å². The monoisotopic (exact) mass is 220 g/mol. The van der Waals surface area contributed by atoms with Crippen molar-refractivity contribution < 1.29 is 13.2 Å². The van der Waals surface area contributed by atoms with Crippen molar-refractivity contribution in [2.75, 3.05) is 0 Å². The highest BCUT2D eigenvalue weighted by Crippen LogP contribution is 2.55. The Morgan fingerprint density at radius 3 is 2.62 bits per heavy atom. The van der Waals surface area contributed by atoms with Crippen molar-refractivity contribution >= 4 is 0 Å². The number of benzene rings is 1. The number of hydrogen-bond donors (Lipinski definition) is 0. The van der Waals surface area contributed by atoms with E-state index in [1.807, 2.05) is 12.1 Å². The van der Waals surface area contributed by atoms with Crippen LogP contribution < -0.4 is 0 Å². The molecule has 0 N–H and O–H groups in total. The molecule has 0 bridgehead atoms. The Morgan fingerprint density at radius 1 is 1.19 bits per heavy atom. The summed E-state index contributed by atoms with van der Waals surface area (Å²) < 4.78 is 31.1. The summed E-state index contributed by atoms with van der Waals surface area (Å²) in [4.78, 5) is 0. The van der Waals surface area contributed by atoms with Crippen molar-refractivity contribution in [1.29, 1.82) is 0 Å². The second-order valence-corrected chi connectivity index (χ2v) is 4.12. The first kappa shape index (κ1) is 9.58. The molecule has 0 aliphatic heterocycles. The second-order valence-electron chi connectivity index (χ2n) is 4.12. The highest BCUT2D eigenvalue weighted by molar-refractivity contribution is 5.59. The van der Waals surface area contributed by atoms with Gasteiger partial charge in [-0.1, -0.05) is 18.2 Å². The van der Waals surface area contributed by atoms with E-state index in [1.165, 1.54) is 0 Å². The Morgan fingerprint density at radius 2 is 2.00 bits per heavy atom. The maximum absolute atomic E-state index is 12.9. The molecule has 1 heterocycles. The molecule has 82 valence electrons. The van der Waals surface area contributed by atoms with Gasteiger partial charge in [0.2, 0.25) is 0 Å². The zero-order valence-corrected chi connectivity index (χ0v) is 8.49. The number of hydrogen-bond acceptors (Lipinski definition) is 1. The number of furan rings is 1. The van der Waals surface area contributed by atoms with Crippen LogP contribution in [0, 0.1) is 0 Å². The van der Waals surface area contributed by atoms with Crippen LogP contribution in [0.1, 0.15) is 17.9 Å². The summed E-state index contributed by atoms with van der Waals surface area (Å²) in [5, 5.41) is 0. The topological polar surface area (TPSA) is 13.1 Å². The van der Waals surface area contributed by atoms with E-state index in [0.717, 1.165) is 5.56 Å². The molecule has 0 radical (unpaired) electrons. The third-order valence-corrected chi connectivity index (χ3v) is 2.92. The van der Waals surface area contributed by atoms with Gasteiger partial charge in [-0.15, -0.1) is 0 Å². The van der Waals surface area contributed by atoms with E-state index in [0.29, 0.717) is 11.3 Å². The number of alkyl halides is 2.